The molecule has 1 aromatic heterocycles. The van der Waals surface area contributed by atoms with E-state index in [9.17, 15) is 9.59 Å². The average Bonchev–Trinajstić information content (AvgIpc) is 3.56. The minimum Gasteiger partial charge on any atom is -0.484 e. The zero-order valence-corrected chi connectivity index (χ0v) is 23.3. The first-order valence-electron chi connectivity index (χ1n) is 13.6. The summed E-state index contributed by atoms with van der Waals surface area (Å²) in [5.74, 6) is 0.484. The number of aromatic amines is 1. The minimum atomic E-state index is -0.0686. The summed E-state index contributed by atoms with van der Waals surface area (Å²) in [7, 11) is 0. The van der Waals surface area contributed by atoms with Crippen LogP contribution in [0.1, 0.15) is 11.1 Å². The number of benzene rings is 3. The van der Waals surface area contributed by atoms with Gasteiger partial charge in [-0.3, -0.25) is 14.5 Å². The van der Waals surface area contributed by atoms with Crippen LogP contribution in [0.15, 0.2) is 95.0 Å². The summed E-state index contributed by atoms with van der Waals surface area (Å²) in [4.78, 5) is 38.2. The van der Waals surface area contributed by atoms with Gasteiger partial charge in [0.2, 0.25) is 0 Å². The van der Waals surface area contributed by atoms with Crippen LogP contribution in [0.5, 0.6) is 5.75 Å². The van der Waals surface area contributed by atoms with E-state index in [1.807, 2.05) is 79.0 Å². The number of thioether (sulfide) groups is 1. The molecule has 0 unspecified atom stereocenters. The normalized spacial score (nSPS) is 17.6. The number of H-pyrrole nitrogens is 1. The first kappa shape index (κ1) is 26.9. The van der Waals surface area contributed by atoms with Crippen molar-refractivity contribution < 1.29 is 19.1 Å². The number of para-hydroxylation sites is 2. The van der Waals surface area contributed by atoms with Gasteiger partial charge in [-0.1, -0.05) is 48.5 Å². The molecule has 8 nitrogen and oxygen atoms in total. The highest BCUT2D eigenvalue weighted by Crippen LogP contribution is 2.35. The topological polar surface area (TPSA) is 87.2 Å². The van der Waals surface area contributed by atoms with E-state index in [2.05, 4.69) is 17.1 Å². The van der Waals surface area contributed by atoms with Gasteiger partial charge in [-0.05, 0) is 65.7 Å². The largest absolute Gasteiger partial charge is 0.484 e. The highest BCUT2D eigenvalue weighted by atomic mass is 32.2. The van der Waals surface area contributed by atoms with E-state index in [1.165, 1.54) is 11.8 Å². The van der Waals surface area contributed by atoms with Gasteiger partial charge in [0.1, 0.15) is 5.75 Å². The van der Waals surface area contributed by atoms with E-state index in [4.69, 9.17) is 14.5 Å². The van der Waals surface area contributed by atoms with Crippen molar-refractivity contribution in [1.82, 2.24) is 14.8 Å². The van der Waals surface area contributed by atoms with Crippen LogP contribution in [0.3, 0.4) is 0 Å². The Labute approximate surface area is 242 Å². The number of aromatic nitrogens is 1. The van der Waals surface area contributed by atoms with Crippen molar-refractivity contribution in [2.45, 2.75) is 6.42 Å². The summed E-state index contributed by atoms with van der Waals surface area (Å²) in [5, 5.41) is 1.83. The van der Waals surface area contributed by atoms with Crippen molar-refractivity contribution >= 4 is 51.4 Å². The highest BCUT2D eigenvalue weighted by Gasteiger charge is 2.33. The van der Waals surface area contributed by atoms with Crippen LogP contribution < -0.4 is 4.74 Å². The fourth-order valence-corrected chi connectivity index (χ4v) is 5.86. The molecule has 3 heterocycles. The highest BCUT2D eigenvalue weighted by molar-refractivity contribution is 8.18. The van der Waals surface area contributed by atoms with Crippen molar-refractivity contribution in [3.8, 4) is 5.75 Å². The maximum absolute atomic E-state index is 13.6. The number of hydrogen-bond acceptors (Lipinski definition) is 6. The van der Waals surface area contributed by atoms with Crippen molar-refractivity contribution in [2.75, 3.05) is 39.5 Å². The molecule has 0 saturated carbocycles. The Hall–Kier alpha value is -4.34. The van der Waals surface area contributed by atoms with E-state index < -0.39 is 0 Å². The molecule has 2 amide bonds. The van der Waals surface area contributed by atoms with Gasteiger partial charge in [0, 0.05) is 36.7 Å². The Morgan fingerprint density at radius 1 is 1.00 bits per heavy atom. The molecule has 2 saturated heterocycles. The van der Waals surface area contributed by atoms with Crippen LogP contribution in [0.2, 0.25) is 0 Å². The van der Waals surface area contributed by atoms with Crippen molar-refractivity contribution in [1.29, 1.82) is 0 Å². The molecule has 208 valence electrons. The number of nitrogens with one attached hydrogen (secondary N) is 1. The van der Waals surface area contributed by atoms with E-state index >= 15 is 0 Å². The molecule has 4 aromatic rings. The number of amidine groups is 1. The van der Waals surface area contributed by atoms with Crippen LogP contribution >= 0.6 is 11.8 Å². The third-order valence-corrected chi connectivity index (χ3v) is 8.06. The lowest BCUT2D eigenvalue weighted by Crippen LogP contribution is -2.42. The second-order valence-electron chi connectivity index (χ2n) is 9.76. The van der Waals surface area contributed by atoms with Crippen LogP contribution in [-0.4, -0.2) is 71.2 Å². The number of fused-ring (bicyclic) bond motifs is 1. The number of carbonyl (C=O) groups excluding carboxylic acids is 2. The van der Waals surface area contributed by atoms with Gasteiger partial charge in [0.05, 0.1) is 23.8 Å². The van der Waals surface area contributed by atoms with Gasteiger partial charge in [-0.15, -0.1) is 0 Å². The molecule has 0 atom stereocenters. The van der Waals surface area contributed by atoms with Crippen molar-refractivity contribution in [3.63, 3.8) is 0 Å². The molecule has 2 aliphatic rings. The Morgan fingerprint density at radius 3 is 2.56 bits per heavy atom. The predicted molar refractivity (Wildman–Crippen MR) is 162 cm³/mol. The molecule has 6 rings (SSSR count). The Kier molecular flexibility index (Phi) is 8.16. The van der Waals surface area contributed by atoms with Gasteiger partial charge < -0.3 is 19.4 Å². The van der Waals surface area contributed by atoms with Crippen LogP contribution in [-0.2, 0) is 20.7 Å². The summed E-state index contributed by atoms with van der Waals surface area (Å²) < 4.78 is 11.0. The summed E-state index contributed by atoms with van der Waals surface area (Å²) in [6.45, 7) is 2.80. The molecule has 0 radical (unpaired) electrons. The van der Waals surface area contributed by atoms with E-state index in [1.54, 1.807) is 9.80 Å². The Bertz CT molecular complexity index is 1590. The second-order valence-corrected chi connectivity index (χ2v) is 10.8. The number of rotatable bonds is 8. The zero-order chi connectivity index (χ0) is 28.0. The number of aliphatic imine (C=N–C) groups is 1. The van der Waals surface area contributed by atoms with E-state index in [0.717, 1.165) is 27.7 Å². The smallest absolute Gasteiger partial charge is 0.266 e. The summed E-state index contributed by atoms with van der Waals surface area (Å²) in [6.07, 6.45) is 4.59. The monoisotopic (exact) mass is 566 g/mol. The van der Waals surface area contributed by atoms with Crippen LogP contribution in [0, 0.1) is 0 Å². The second kappa shape index (κ2) is 12.4. The third-order valence-electron chi connectivity index (χ3n) is 7.05. The van der Waals surface area contributed by atoms with Gasteiger partial charge in [-0.2, -0.15) is 0 Å². The van der Waals surface area contributed by atoms with Crippen LogP contribution in [0.4, 0.5) is 5.69 Å². The molecule has 0 spiro atoms. The number of amides is 2. The van der Waals surface area contributed by atoms with Crippen LogP contribution in [0.25, 0.3) is 17.0 Å². The SMILES string of the molecule is O=C(COc1ccc(/C=C2\SC(=Nc3ccccc3)N(CCc3c[nH]c4ccccc34)C2=O)cc1)N1CCOCC1. The quantitative estimate of drug-likeness (QED) is 0.294. The molecular formula is C32H30N4O4S. The van der Waals surface area contributed by atoms with E-state index in [0.29, 0.717) is 55.1 Å². The zero-order valence-electron chi connectivity index (χ0n) is 22.5. The number of ether oxygens (including phenoxy) is 2. The van der Waals surface area contributed by atoms with E-state index in [-0.39, 0.29) is 18.4 Å². The van der Waals surface area contributed by atoms with Gasteiger partial charge in [-0.25, -0.2) is 4.99 Å². The molecule has 41 heavy (non-hydrogen) atoms. The summed E-state index contributed by atoms with van der Waals surface area (Å²) >= 11 is 1.38. The number of hydrogen-bond donors (Lipinski definition) is 1. The molecule has 2 fully saturated rings. The lowest BCUT2D eigenvalue weighted by molar-refractivity contribution is -0.137. The van der Waals surface area contributed by atoms with Gasteiger partial charge in [0.25, 0.3) is 11.8 Å². The average molecular weight is 567 g/mol. The standard InChI is InChI=1S/C32H30N4O4S/c37-30(35-16-18-39-19-17-35)22-40-26-12-10-23(11-13-26)20-29-31(38)36(32(41-29)34-25-6-2-1-3-7-25)15-14-24-21-33-28-9-5-4-8-27(24)28/h1-13,20-21,33H,14-19,22H2/b29-20-,34-32?. The van der Waals surface area contributed by atoms with Gasteiger partial charge in [0.15, 0.2) is 11.8 Å². The predicted octanol–water partition coefficient (Wildman–Crippen LogP) is 5.25. The number of nitrogens with zero attached hydrogens (tertiary/aromatic N) is 3. The first-order valence-corrected chi connectivity index (χ1v) is 14.4. The molecule has 2 aliphatic heterocycles. The number of morpholine rings is 1. The maximum atomic E-state index is 13.6. The minimum absolute atomic E-state index is 0.0144. The molecule has 3 aromatic carbocycles. The molecule has 9 heteroatoms. The van der Waals surface area contributed by atoms with Crippen molar-refractivity contribution in [2.24, 2.45) is 4.99 Å². The Balaban J connectivity index is 1.16. The fourth-order valence-electron chi connectivity index (χ4n) is 4.83. The first-order chi connectivity index (χ1) is 20.1. The fraction of sp³-hybridized carbons (Fsp3) is 0.219. The lowest BCUT2D eigenvalue weighted by Gasteiger charge is -2.26. The van der Waals surface area contributed by atoms with Gasteiger partial charge >= 0.3 is 0 Å². The third kappa shape index (κ3) is 6.37. The lowest BCUT2D eigenvalue weighted by atomic mass is 10.1. The molecule has 1 N–H and O–H groups in total. The summed E-state index contributed by atoms with van der Waals surface area (Å²) in [5.41, 5.74) is 3.92. The maximum Gasteiger partial charge on any atom is 0.266 e. The van der Waals surface area contributed by atoms with Crippen molar-refractivity contribution in [3.05, 3.63) is 101 Å². The summed E-state index contributed by atoms with van der Waals surface area (Å²) in [6, 6.07) is 25.3. The molecule has 0 bridgehead atoms. The molecule has 0 aliphatic carbocycles. The number of carbonyl (C=O) groups is 2. The molecular weight excluding hydrogens is 536 g/mol. The Morgan fingerprint density at radius 2 is 1.76 bits per heavy atom.